The van der Waals surface area contributed by atoms with Gasteiger partial charge in [-0.2, -0.15) is 0 Å². The van der Waals surface area contributed by atoms with Crippen molar-refractivity contribution in [1.82, 2.24) is 0 Å². The quantitative estimate of drug-likeness (QED) is 0.287. The Hall–Kier alpha value is -2.29. The highest BCUT2D eigenvalue weighted by molar-refractivity contribution is 6.00. The Bertz CT molecular complexity index is 924. The molecule has 7 nitrogen and oxygen atoms in total. The number of fused-ring (bicyclic) bond motifs is 1. The number of Topliss-reactive ketones (excluding diaryl/α,β-unsaturated/α-hetero) is 1. The summed E-state index contributed by atoms with van der Waals surface area (Å²) < 4.78 is 18.7. The molecule has 0 spiro atoms. The van der Waals surface area contributed by atoms with Crippen LogP contribution in [0, 0.1) is 17.7 Å². The topological polar surface area (TPSA) is 128 Å². The predicted molar refractivity (Wildman–Crippen MR) is 115 cm³/mol. The molecule has 0 saturated heterocycles. The van der Waals surface area contributed by atoms with Gasteiger partial charge in [0.05, 0.1) is 12.2 Å². The average molecular weight is 451 g/mol. The standard InChI is InChI=1S/C24H31FO7/c25-15-8-7-14-11-22(32-21(14)12-15)24(31)18(26)10-9-17-16(19(27)13-20(17)28)5-3-1-2-4-6-23(29)30/h7-8,11-12,16-20,26-28H,1-6,9-10,13H2,(H,29,30)/t16-,17-,18?,19+,20-/m1/s1. The van der Waals surface area contributed by atoms with Crippen LogP contribution >= 0.6 is 0 Å². The number of carbonyl (C=O) groups is 2. The molecule has 32 heavy (non-hydrogen) atoms. The molecule has 1 saturated carbocycles. The minimum atomic E-state index is -1.32. The number of hydrogen-bond acceptors (Lipinski definition) is 6. The first kappa shape index (κ1) is 24.4. The monoisotopic (exact) mass is 450 g/mol. The van der Waals surface area contributed by atoms with Gasteiger partial charge in [-0.15, -0.1) is 0 Å². The van der Waals surface area contributed by atoms with E-state index in [9.17, 15) is 29.3 Å². The first-order valence-corrected chi connectivity index (χ1v) is 11.3. The summed E-state index contributed by atoms with van der Waals surface area (Å²) in [5.74, 6) is -2.26. The van der Waals surface area contributed by atoms with Crippen molar-refractivity contribution < 1.29 is 38.8 Å². The van der Waals surface area contributed by atoms with Crippen molar-refractivity contribution in [2.75, 3.05) is 0 Å². The number of hydrogen-bond donors (Lipinski definition) is 4. The second-order valence-electron chi connectivity index (χ2n) is 8.79. The highest BCUT2D eigenvalue weighted by Gasteiger charge is 2.41. The van der Waals surface area contributed by atoms with Gasteiger partial charge in [0.15, 0.2) is 5.76 Å². The Kier molecular flexibility index (Phi) is 8.39. The molecule has 8 heteroatoms. The molecule has 1 fully saturated rings. The summed E-state index contributed by atoms with van der Waals surface area (Å²) in [6, 6.07) is 5.42. The molecule has 4 N–H and O–H groups in total. The lowest BCUT2D eigenvalue weighted by molar-refractivity contribution is -0.137. The first-order valence-electron chi connectivity index (χ1n) is 11.3. The summed E-state index contributed by atoms with van der Waals surface area (Å²) in [6.07, 6.45) is 2.08. The molecule has 176 valence electrons. The van der Waals surface area contributed by atoms with Crippen molar-refractivity contribution in [3.05, 3.63) is 35.8 Å². The Morgan fingerprint density at radius 3 is 2.44 bits per heavy atom. The SMILES string of the molecule is O=C(O)CCCCCC[C@@H]1[C@@H](CCC(O)C(=O)c2cc3ccc(F)cc3o2)[C@H](O)C[C@@H]1O. The average Bonchev–Trinajstić information content (AvgIpc) is 3.27. The highest BCUT2D eigenvalue weighted by atomic mass is 19.1. The first-order chi connectivity index (χ1) is 15.3. The maximum Gasteiger partial charge on any atom is 0.303 e. The number of carboxylic acid groups (broad SMARTS) is 1. The van der Waals surface area contributed by atoms with E-state index in [1.54, 1.807) is 0 Å². The van der Waals surface area contributed by atoms with Crippen molar-refractivity contribution in [1.29, 1.82) is 0 Å². The lowest BCUT2D eigenvalue weighted by Crippen LogP contribution is -2.26. The summed E-state index contributed by atoms with van der Waals surface area (Å²) in [6.45, 7) is 0. The van der Waals surface area contributed by atoms with Crippen LogP contribution in [-0.4, -0.2) is 50.5 Å². The molecule has 1 aromatic carbocycles. The fourth-order valence-corrected chi connectivity index (χ4v) is 4.76. The summed E-state index contributed by atoms with van der Waals surface area (Å²) in [5, 5.41) is 40.4. The molecular weight excluding hydrogens is 419 g/mol. The number of carboxylic acids is 1. The third-order valence-electron chi connectivity index (χ3n) is 6.50. The van der Waals surface area contributed by atoms with E-state index in [-0.39, 0.29) is 42.4 Å². The van der Waals surface area contributed by atoms with Crippen LogP contribution in [0.1, 0.15) is 68.3 Å². The van der Waals surface area contributed by atoms with Gasteiger partial charge in [0.1, 0.15) is 17.5 Å². The lowest BCUT2D eigenvalue weighted by atomic mass is 9.84. The highest BCUT2D eigenvalue weighted by Crippen LogP contribution is 2.39. The fourth-order valence-electron chi connectivity index (χ4n) is 4.76. The largest absolute Gasteiger partial charge is 0.481 e. The van der Waals surface area contributed by atoms with Crippen molar-refractivity contribution in [2.24, 2.45) is 11.8 Å². The summed E-state index contributed by atoms with van der Waals surface area (Å²) in [7, 11) is 0. The maximum atomic E-state index is 13.3. The van der Waals surface area contributed by atoms with Gasteiger partial charge in [0.25, 0.3) is 0 Å². The number of carbonyl (C=O) groups excluding carboxylic acids is 1. The van der Waals surface area contributed by atoms with Crippen molar-refractivity contribution in [2.45, 2.75) is 76.1 Å². The van der Waals surface area contributed by atoms with Crippen LogP contribution in [0.2, 0.25) is 0 Å². The molecule has 3 rings (SSSR count). The molecule has 0 amide bonds. The Labute approximate surface area is 185 Å². The van der Waals surface area contributed by atoms with Crippen LogP contribution in [0.4, 0.5) is 4.39 Å². The number of benzene rings is 1. The number of unbranched alkanes of at least 4 members (excludes halogenated alkanes) is 3. The molecule has 1 unspecified atom stereocenters. The number of aliphatic hydroxyl groups is 3. The third kappa shape index (κ3) is 6.15. The third-order valence-corrected chi connectivity index (χ3v) is 6.50. The maximum absolute atomic E-state index is 13.3. The van der Waals surface area contributed by atoms with Gasteiger partial charge in [-0.3, -0.25) is 9.59 Å². The van der Waals surface area contributed by atoms with Crippen LogP contribution in [0.5, 0.6) is 0 Å². The minimum absolute atomic E-state index is 0.0389. The van der Waals surface area contributed by atoms with Gasteiger partial charge in [-0.25, -0.2) is 4.39 Å². The van der Waals surface area contributed by atoms with E-state index in [0.29, 0.717) is 24.6 Å². The predicted octanol–water partition coefficient (Wildman–Crippen LogP) is 3.68. The van der Waals surface area contributed by atoms with Gasteiger partial charge in [-0.05, 0) is 62.1 Å². The molecule has 1 aromatic heterocycles. The second-order valence-corrected chi connectivity index (χ2v) is 8.79. The van der Waals surface area contributed by atoms with E-state index in [1.807, 2.05) is 0 Å². The number of ketones is 1. The number of aliphatic hydroxyl groups excluding tert-OH is 3. The van der Waals surface area contributed by atoms with Crippen LogP contribution in [0.15, 0.2) is 28.7 Å². The van der Waals surface area contributed by atoms with E-state index in [4.69, 9.17) is 9.52 Å². The lowest BCUT2D eigenvalue weighted by Gasteiger charge is -2.24. The molecule has 1 heterocycles. The van der Waals surface area contributed by atoms with Crippen molar-refractivity contribution >= 4 is 22.7 Å². The van der Waals surface area contributed by atoms with Crippen LogP contribution in [-0.2, 0) is 4.79 Å². The van der Waals surface area contributed by atoms with Crippen LogP contribution < -0.4 is 0 Å². The van der Waals surface area contributed by atoms with E-state index in [1.165, 1.54) is 24.3 Å². The van der Waals surface area contributed by atoms with Crippen molar-refractivity contribution in [3.63, 3.8) is 0 Å². The Balaban J connectivity index is 1.51. The second kappa shape index (κ2) is 11.0. The Morgan fingerprint density at radius 1 is 1.03 bits per heavy atom. The molecule has 5 atom stereocenters. The number of aliphatic carboxylic acids is 1. The number of furan rings is 1. The zero-order valence-electron chi connectivity index (χ0n) is 18.0. The van der Waals surface area contributed by atoms with Crippen molar-refractivity contribution in [3.8, 4) is 0 Å². The van der Waals surface area contributed by atoms with Crippen LogP contribution in [0.3, 0.4) is 0 Å². The van der Waals surface area contributed by atoms with E-state index < -0.39 is 35.9 Å². The summed E-state index contributed by atoms with van der Waals surface area (Å²) >= 11 is 0. The molecule has 0 aliphatic heterocycles. The molecule has 1 aliphatic carbocycles. The number of halogens is 1. The van der Waals surface area contributed by atoms with Crippen LogP contribution in [0.25, 0.3) is 11.0 Å². The smallest absolute Gasteiger partial charge is 0.303 e. The van der Waals surface area contributed by atoms with E-state index in [0.717, 1.165) is 19.3 Å². The van der Waals surface area contributed by atoms with Gasteiger partial charge in [0.2, 0.25) is 5.78 Å². The van der Waals surface area contributed by atoms with E-state index in [2.05, 4.69) is 0 Å². The molecule has 0 bridgehead atoms. The molecule has 0 radical (unpaired) electrons. The van der Waals surface area contributed by atoms with Gasteiger partial charge in [0, 0.05) is 17.9 Å². The molecule has 1 aliphatic rings. The summed E-state index contributed by atoms with van der Waals surface area (Å²) in [4.78, 5) is 23.1. The normalized spacial score (nSPS) is 24.1. The van der Waals surface area contributed by atoms with Gasteiger partial charge in [-0.1, -0.05) is 19.3 Å². The fraction of sp³-hybridized carbons (Fsp3) is 0.583. The minimum Gasteiger partial charge on any atom is -0.481 e. The van der Waals surface area contributed by atoms with Gasteiger partial charge >= 0.3 is 5.97 Å². The Morgan fingerprint density at radius 2 is 1.72 bits per heavy atom. The number of rotatable bonds is 12. The summed E-state index contributed by atoms with van der Waals surface area (Å²) in [5.41, 5.74) is 0.235. The van der Waals surface area contributed by atoms with Gasteiger partial charge < -0.3 is 24.8 Å². The zero-order valence-corrected chi connectivity index (χ0v) is 18.0. The molecular formula is C24H31FO7. The zero-order chi connectivity index (χ0) is 23.3. The molecule has 2 aromatic rings. The van der Waals surface area contributed by atoms with E-state index >= 15 is 0 Å².